The van der Waals surface area contributed by atoms with Crippen LogP contribution in [0.25, 0.3) is 0 Å². The molecular formula is C23H31N5O3S. The summed E-state index contributed by atoms with van der Waals surface area (Å²) in [5.41, 5.74) is 1.60. The number of hydrogen-bond acceptors (Lipinski definition) is 5. The van der Waals surface area contributed by atoms with E-state index < -0.39 is 0 Å². The minimum atomic E-state index is -0.242. The van der Waals surface area contributed by atoms with Gasteiger partial charge in [-0.05, 0) is 55.5 Å². The van der Waals surface area contributed by atoms with Gasteiger partial charge in [0.15, 0.2) is 5.11 Å². The second-order valence-corrected chi connectivity index (χ2v) is 7.68. The van der Waals surface area contributed by atoms with Crippen LogP contribution in [-0.4, -0.2) is 73.9 Å². The second-order valence-electron chi connectivity index (χ2n) is 7.30. The van der Waals surface area contributed by atoms with Crippen molar-refractivity contribution in [2.45, 2.75) is 6.92 Å². The fourth-order valence-electron chi connectivity index (χ4n) is 3.42. The molecule has 1 aliphatic rings. The van der Waals surface area contributed by atoms with Crippen LogP contribution in [0.2, 0.25) is 0 Å². The van der Waals surface area contributed by atoms with Crippen LogP contribution < -0.4 is 25.4 Å². The minimum Gasteiger partial charge on any atom is -0.495 e. The molecule has 0 radical (unpaired) electrons. The zero-order valence-electron chi connectivity index (χ0n) is 18.6. The van der Waals surface area contributed by atoms with E-state index in [0.717, 1.165) is 49.3 Å². The molecule has 3 N–H and O–H groups in total. The Balaban J connectivity index is 1.34. The van der Waals surface area contributed by atoms with Gasteiger partial charge >= 0.3 is 6.03 Å². The van der Waals surface area contributed by atoms with Gasteiger partial charge in [-0.1, -0.05) is 12.1 Å². The number of carbonyl (C=O) groups excluding carboxylic acids is 1. The summed E-state index contributed by atoms with van der Waals surface area (Å²) in [5.74, 6) is 1.48. The molecule has 1 aliphatic heterocycles. The normalized spacial score (nSPS) is 13.9. The van der Waals surface area contributed by atoms with Crippen molar-refractivity contribution in [2.75, 3.05) is 63.6 Å². The molecule has 0 unspecified atom stereocenters. The Kier molecular flexibility index (Phi) is 8.94. The first-order valence-electron chi connectivity index (χ1n) is 10.8. The zero-order valence-corrected chi connectivity index (χ0v) is 19.4. The molecule has 1 heterocycles. The number of amides is 2. The van der Waals surface area contributed by atoms with E-state index in [2.05, 4.69) is 25.8 Å². The number of thiocarbonyl (C=S) groups is 1. The van der Waals surface area contributed by atoms with E-state index in [1.807, 2.05) is 55.5 Å². The van der Waals surface area contributed by atoms with Crippen LogP contribution in [0.15, 0.2) is 48.5 Å². The molecule has 1 saturated heterocycles. The lowest BCUT2D eigenvalue weighted by atomic mass is 10.3. The molecule has 0 aliphatic carbocycles. The van der Waals surface area contributed by atoms with Crippen molar-refractivity contribution >= 4 is 34.7 Å². The van der Waals surface area contributed by atoms with Crippen LogP contribution in [0.3, 0.4) is 0 Å². The topological polar surface area (TPSA) is 78.1 Å². The van der Waals surface area contributed by atoms with Gasteiger partial charge in [0.2, 0.25) is 0 Å². The van der Waals surface area contributed by atoms with Crippen molar-refractivity contribution in [3.63, 3.8) is 0 Å². The second kappa shape index (κ2) is 12.1. The molecule has 0 bridgehead atoms. The van der Waals surface area contributed by atoms with Gasteiger partial charge in [0, 0.05) is 45.0 Å². The number of rotatable bonds is 8. The molecule has 3 rings (SSSR count). The Hall–Kier alpha value is -3.04. The number of anilines is 2. The van der Waals surface area contributed by atoms with Crippen molar-refractivity contribution in [1.82, 2.24) is 15.1 Å². The molecule has 0 aromatic heterocycles. The van der Waals surface area contributed by atoms with Crippen molar-refractivity contribution in [3.8, 4) is 11.5 Å². The maximum atomic E-state index is 12.2. The summed E-state index contributed by atoms with van der Waals surface area (Å²) < 4.78 is 10.7. The zero-order chi connectivity index (χ0) is 22.8. The smallest absolute Gasteiger partial charge is 0.319 e. The standard InChI is InChI=1S/C23H31N5O3S/c1-3-31-19-10-8-18(9-11-19)25-23(32)28-16-14-27(15-17-28)13-12-24-22(29)26-20-6-4-5-7-21(20)30-2/h4-11H,3,12-17H2,1-2H3,(H,25,32)(H2,24,26,29). The van der Waals surface area contributed by atoms with Crippen LogP contribution >= 0.6 is 12.2 Å². The van der Waals surface area contributed by atoms with Crippen molar-refractivity contribution in [3.05, 3.63) is 48.5 Å². The number of methoxy groups -OCH3 is 1. The Morgan fingerprint density at radius 3 is 2.44 bits per heavy atom. The molecule has 2 aromatic rings. The van der Waals surface area contributed by atoms with E-state index in [-0.39, 0.29) is 6.03 Å². The highest BCUT2D eigenvalue weighted by molar-refractivity contribution is 7.80. The summed E-state index contributed by atoms with van der Waals surface area (Å²) in [6.07, 6.45) is 0. The average molecular weight is 458 g/mol. The van der Waals surface area contributed by atoms with Gasteiger partial charge in [-0.25, -0.2) is 4.79 Å². The molecule has 172 valence electrons. The van der Waals surface area contributed by atoms with Gasteiger partial charge in [-0.15, -0.1) is 0 Å². The largest absolute Gasteiger partial charge is 0.495 e. The summed E-state index contributed by atoms with van der Waals surface area (Å²) >= 11 is 5.57. The first-order valence-corrected chi connectivity index (χ1v) is 11.2. The lowest BCUT2D eigenvalue weighted by Gasteiger charge is -2.36. The van der Waals surface area contributed by atoms with Crippen LogP contribution in [0.4, 0.5) is 16.2 Å². The number of nitrogens with one attached hydrogen (secondary N) is 3. The van der Waals surface area contributed by atoms with E-state index in [1.165, 1.54) is 0 Å². The third kappa shape index (κ3) is 7.00. The summed E-state index contributed by atoms with van der Waals surface area (Å²) in [4.78, 5) is 16.6. The highest BCUT2D eigenvalue weighted by Gasteiger charge is 2.19. The van der Waals surface area contributed by atoms with Gasteiger partial charge in [0.05, 0.1) is 19.4 Å². The Labute approximate surface area is 194 Å². The number of nitrogens with zero attached hydrogens (tertiary/aromatic N) is 2. The third-order valence-corrected chi connectivity index (χ3v) is 5.51. The number of carbonyl (C=O) groups is 1. The van der Waals surface area contributed by atoms with Crippen molar-refractivity contribution in [1.29, 1.82) is 0 Å². The third-order valence-electron chi connectivity index (χ3n) is 5.14. The van der Waals surface area contributed by atoms with E-state index in [9.17, 15) is 4.79 Å². The summed E-state index contributed by atoms with van der Waals surface area (Å²) in [6.45, 7) is 7.43. The molecule has 2 aromatic carbocycles. The lowest BCUT2D eigenvalue weighted by molar-refractivity contribution is 0.184. The molecule has 1 fully saturated rings. The number of hydrogen-bond donors (Lipinski definition) is 3. The van der Waals surface area contributed by atoms with E-state index in [1.54, 1.807) is 7.11 Å². The molecule has 8 nitrogen and oxygen atoms in total. The van der Waals surface area contributed by atoms with Crippen LogP contribution in [0.1, 0.15) is 6.92 Å². The summed E-state index contributed by atoms with van der Waals surface area (Å²) in [6, 6.07) is 14.9. The lowest BCUT2D eigenvalue weighted by Crippen LogP contribution is -2.51. The number of urea groups is 1. The maximum Gasteiger partial charge on any atom is 0.319 e. The predicted molar refractivity (Wildman–Crippen MR) is 132 cm³/mol. The monoisotopic (exact) mass is 457 g/mol. The van der Waals surface area contributed by atoms with Gasteiger partial charge in [-0.2, -0.15) is 0 Å². The van der Waals surface area contributed by atoms with Crippen LogP contribution in [0, 0.1) is 0 Å². The number of piperazine rings is 1. The molecule has 32 heavy (non-hydrogen) atoms. The molecule has 0 atom stereocenters. The van der Waals surface area contributed by atoms with Crippen molar-refractivity contribution in [2.24, 2.45) is 0 Å². The van der Waals surface area contributed by atoms with Gasteiger partial charge in [0.1, 0.15) is 11.5 Å². The fraction of sp³-hybridized carbons (Fsp3) is 0.391. The first-order chi connectivity index (χ1) is 15.6. The number of para-hydroxylation sites is 2. The molecule has 2 amide bonds. The highest BCUT2D eigenvalue weighted by Crippen LogP contribution is 2.22. The first kappa shape index (κ1) is 23.6. The van der Waals surface area contributed by atoms with Gasteiger partial charge in [-0.3, -0.25) is 4.90 Å². The highest BCUT2D eigenvalue weighted by atomic mass is 32.1. The van der Waals surface area contributed by atoms with E-state index in [0.29, 0.717) is 24.6 Å². The number of benzene rings is 2. The fourth-order valence-corrected chi connectivity index (χ4v) is 3.72. The minimum absolute atomic E-state index is 0.242. The van der Waals surface area contributed by atoms with Gasteiger partial charge in [0.25, 0.3) is 0 Å². The quantitative estimate of drug-likeness (QED) is 0.526. The SMILES string of the molecule is CCOc1ccc(NC(=S)N2CCN(CCNC(=O)Nc3ccccc3OC)CC2)cc1. The molecule has 0 saturated carbocycles. The Morgan fingerprint density at radius 2 is 1.75 bits per heavy atom. The Bertz CT molecular complexity index is 885. The van der Waals surface area contributed by atoms with E-state index >= 15 is 0 Å². The number of ether oxygens (including phenoxy) is 2. The maximum absolute atomic E-state index is 12.2. The summed E-state index contributed by atoms with van der Waals surface area (Å²) in [5, 5.41) is 9.74. The molecule has 9 heteroatoms. The van der Waals surface area contributed by atoms with E-state index in [4.69, 9.17) is 21.7 Å². The predicted octanol–water partition coefficient (Wildman–Crippen LogP) is 3.23. The molecule has 0 spiro atoms. The summed E-state index contributed by atoms with van der Waals surface area (Å²) in [7, 11) is 1.58. The van der Waals surface area contributed by atoms with Crippen molar-refractivity contribution < 1.29 is 14.3 Å². The molecular weight excluding hydrogens is 426 g/mol. The van der Waals surface area contributed by atoms with Gasteiger partial charge < -0.3 is 30.3 Å². The van der Waals surface area contributed by atoms with Crippen LogP contribution in [0.5, 0.6) is 11.5 Å². The van der Waals surface area contributed by atoms with Crippen LogP contribution in [-0.2, 0) is 0 Å². The average Bonchev–Trinajstić information content (AvgIpc) is 2.81. The Morgan fingerprint density at radius 1 is 1.03 bits per heavy atom.